The molecular formula is C40H72N2O12. The molecular weight excluding hydrogens is 700 g/mol. The Balaban J connectivity index is 2.15. The van der Waals surface area contributed by atoms with Gasteiger partial charge in [-0.2, -0.15) is 0 Å². The van der Waals surface area contributed by atoms with Crippen LogP contribution in [0.1, 0.15) is 101 Å². The quantitative estimate of drug-likeness (QED) is 0.199. The molecule has 2 fully saturated rings. The van der Waals surface area contributed by atoms with Crippen LogP contribution in [0.5, 0.6) is 0 Å². The maximum Gasteiger partial charge on any atom is 0.311 e. The van der Waals surface area contributed by atoms with Gasteiger partial charge in [-0.3, -0.25) is 14.5 Å². The first kappa shape index (κ1) is 46.7. The predicted octanol–water partition coefficient (Wildman–Crippen LogP) is 3.01. The smallest absolute Gasteiger partial charge is 0.311 e. The van der Waals surface area contributed by atoms with Crippen molar-refractivity contribution in [2.75, 3.05) is 34.4 Å². The van der Waals surface area contributed by atoms with Crippen LogP contribution in [0.4, 0.5) is 0 Å². The topological polar surface area (TPSA) is 177 Å². The van der Waals surface area contributed by atoms with Crippen LogP contribution in [0.25, 0.3) is 0 Å². The third-order valence-corrected chi connectivity index (χ3v) is 12.1. The SMILES string of the molecule is CC[C@H]1OC(=O)[C@H](C)[C@@H](O[C@H]2C[C@@](C)(OC)[C@@H](O)[C@H](C)O2)[C@H](C)[C@@H](O[C@@H]2O[C@H](C)C[C@H](N(C)C(=O)CCO)[C@H]2O)[C@](C)(O)C[C@@H](C)CN(C)[C@H](C)/C=C/1C. The van der Waals surface area contributed by atoms with E-state index in [9.17, 15) is 30.0 Å². The van der Waals surface area contributed by atoms with E-state index in [2.05, 4.69) is 24.8 Å². The minimum atomic E-state index is -1.55. The van der Waals surface area contributed by atoms with Crippen LogP contribution < -0.4 is 0 Å². The van der Waals surface area contributed by atoms with Gasteiger partial charge in [0.05, 0.1) is 54.2 Å². The second kappa shape index (κ2) is 19.6. The number of carbonyl (C=O) groups is 2. The van der Waals surface area contributed by atoms with Gasteiger partial charge in [0.25, 0.3) is 0 Å². The largest absolute Gasteiger partial charge is 0.458 e. The Morgan fingerprint density at radius 2 is 1.72 bits per heavy atom. The summed E-state index contributed by atoms with van der Waals surface area (Å²) in [6, 6.07) is -0.673. The Morgan fingerprint density at radius 3 is 2.31 bits per heavy atom. The van der Waals surface area contributed by atoms with Crippen molar-refractivity contribution < 1.29 is 58.4 Å². The van der Waals surface area contributed by atoms with E-state index < -0.39 is 90.4 Å². The molecule has 0 bridgehead atoms. The van der Waals surface area contributed by atoms with Gasteiger partial charge in [0.15, 0.2) is 12.6 Å². The fourth-order valence-corrected chi connectivity index (χ4v) is 8.64. The third-order valence-electron chi connectivity index (χ3n) is 12.1. The molecule has 0 aromatic heterocycles. The minimum absolute atomic E-state index is 0.0142. The molecule has 4 N–H and O–H groups in total. The fraction of sp³-hybridized carbons (Fsp3) is 0.900. The summed E-state index contributed by atoms with van der Waals surface area (Å²) < 4.78 is 37.8. The van der Waals surface area contributed by atoms with Crippen molar-refractivity contribution in [3.05, 3.63) is 11.6 Å². The number of aliphatic hydroxyl groups excluding tert-OH is 3. The average Bonchev–Trinajstić information content (AvgIpc) is 3.10. The van der Waals surface area contributed by atoms with E-state index in [1.165, 1.54) is 12.0 Å². The van der Waals surface area contributed by atoms with E-state index in [0.29, 0.717) is 19.4 Å². The number of hydrogen-bond donors (Lipinski definition) is 4. The highest BCUT2D eigenvalue weighted by atomic mass is 16.7. The van der Waals surface area contributed by atoms with E-state index in [-0.39, 0.29) is 43.7 Å². The number of esters is 1. The second-order valence-electron chi connectivity index (χ2n) is 16.9. The normalized spacial score (nSPS) is 44.7. The molecule has 0 radical (unpaired) electrons. The zero-order valence-corrected chi connectivity index (χ0v) is 35.1. The van der Waals surface area contributed by atoms with E-state index in [0.717, 1.165) is 5.57 Å². The first-order valence-electron chi connectivity index (χ1n) is 19.8. The lowest BCUT2D eigenvalue weighted by Crippen LogP contribution is -2.61. The van der Waals surface area contributed by atoms with Crippen molar-refractivity contribution in [2.45, 2.75) is 180 Å². The maximum atomic E-state index is 14.2. The summed E-state index contributed by atoms with van der Waals surface area (Å²) in [5.41, 5.74) is -1.63. The molecule has 14 nitrogen and oxygen atoms in total. The Hall–Kier alpha value is -1.72. The van der Waals surface area contributed by atoms with Crippen LogP contribution in [0.15, 0.2) is 11.6 Å². The zero-order chi connectivity index (χ0) is 40.9. The Kier molecular flexibility index (Phi) is 17.0. The molecule has 0 aromatic rings. The van der Waals surface area contributed by atoms with Gasteiger partial charge in [-0.25, -0.2) is 0 Å². The van der Waals surface area contributed by atoms with Gasteiger partial charge < -0.3 is 53.7 Å². The molecule has 3 aliphatic rings. The summed E-state index contributed by atoms with van der Waals surface area (Å²) >= 11 is 0. The molecule has 0 unspecified atom stereocenters. The molecule has 0 aliphatic carbocycles. The number of hydrogen-bond acceptors (Lipinski definition) is 13. The van der Waals surface area contributed by atoms with Gasteiger partial charge in [-0.1, -0.05) is 26.8 Å². The number of nitrogens with zero attached hydrogens (tertiary/aromatic N) is 2. The molecule has 3 aliphatic heterocycles. The summed E-state index contributed by atoms with van der Waals surface area (Å²) in [6.07, 6.45) is -4.68. The minimum Gasteiger partial charge on any atom is -0.458 e. The van der Waals surface area contributed by atoms with Gasteiger partial charge in [0.1, 0.15) is 18.3 Å². The number of cyclic esters (lactones) is 1. The summed E-state index contributed by atoms with van der Waals surface area (Å²) in [6.45, 7) is 19.0. The second-order valence-corrected chi connectivity index (χ2v) is 16.9. The number of ether oxygens (including phenoxy) is 6. The van der Waals surface area contributed by atoms with E-state index in [1.807, 2.05) is 34.7 Å². The number of likely N-dealkylation sites (N-methyl/N-ethyl adjacent to an activating group) is 2. The summed E-state index contributed by atoms with van der Waals surface area (Å²) in [4.78, 5) is 30.6. The Labute approximate surface area is 323 Å². The van der Waals surface area contributed by atoms with E-state index >= 15 is 0 Å². The van der Waals surface area contributed by atoms with Crippen LogP contribution in [0.2, 0.25) is 0 Å². The highest BCUT2D eigenvalue weighted by molar-refractivity contribution is 5.76. The molecule has 0 aromatic carbocycles. The van der Waals surface area contributed by atoms with Gasteiger partial charge in [0, 0.05) is 45.5 Å². The van der Waals surface area contributed by atoms with Crippen LogP contribution >= 0.6 is 0 Å². The molecule has 54 heavy (non-hydrogen) atoms. The number of rotatable bonds is 9. The van der Waals surface area contributed by atoms with Crippen LogP contribution in [0, 0.1) is 17.8 Å². The Morgan fingerprint density at radius 1 is 1.07 bits per heavy atom. The number of aliphatic hydroxyl groups is 4. The standard InChI is InChI=1S/C40H72N2O12/c1-14-30-23(3)17-24(4)41(11)21-22(2)19-39(9,48)36(54-38-33(45)29(18-25(5)50-38)42(12)31(44)15-16-43)26(6)34(27(7)37(47)52-30)53-32-20-40(10,49-13)35(46)28(8)51-32/h17,22,24-30,32-36,38,43,45-46,48H,14-16,18-21H2,1-13H3/b23-17+/t22-,24-,25-,26+,27-,28+,29+,30-,32+,33-,34+,35+,36-,38+,39-,40-/m1/s1. The Bertz CT molecular complexity index is 1250. The number of methoxy groups -OCH3 is 1. The summed E-state index contributed by atoms with van der Waals surface area (Å²) in [5, 5.41) is 44.6. The third kappa shape index (κ3) is 11.2. The predicted molar refractivity (Wildman–Crippen MR) is 202 cm³/mol. The molecule has 16 atom stereocenters. The molecule has 314 valence electrons. The average molecular weight is 773 g/mol. The van der Waals surface area contributed by atoms with E-state index in [1.54, 1.807) is 34.7 Å². The lowest BCUT2D eigenvalue weighted by atomic mass is 9.77. The lowest BCUT2D eigenvalue weighted by molar-refractivity contribution is -0.317. The van der Waals surface area contributed by atoms with Crippen molar-refractivity contribution in [3.63, 3.8) is 0 Å². The van der Waals surface area contributed by atoms with Crippen molar-refractivity contribution in [1.29, 1.82) is 0 Å². The van der Waals surface area contributed by atoms with Crippen molar-refractivity contribution in [2.24, 2.45) is 17.8 Å². The molecule has 0 saturated carbocycles. The van der Waals surface area contributed by atoms with Gasteiger partial charge >= 0.3 is 5.97 Å². The number of carbonyl (C=O) groups excluding carboxylic acids is 2. The molecule has 14 heteroatoms. The highest BCUT2D eigenvalue weighted by Gasteiger charge is 2.51. The highest BCUT2D eigenvalue weighted by Crippen LogP contribution is 2.40. The van der Waals surface area contributed by atoms with Crippen LogP contribution in [0.3, 0.4) is 0 Å². The van der Waals surface area contributed by atoms with Crippen LogP contribution in [-0.4, -0.2) is 155 Å². The van der Waals surface area contributed by atoms with Crippen LogP contribution in [-0.2, 0) is 38.0 Å². The first-order chi connectivity index (χ1) is 25.1. The molecule has 1 amide bonds. The van der Waals surface area contributed by atoms with Crippen molar-refractivity contribution >= 4 is 11.9 Å². The van der Waals surface area contributed by atoms with Gasteiger partial charge in [-0.15, -0.1) is 0 Å². The lowest BCUT2D eigenvalue weighted by Gasteiger charge is -2.49. The van der Waals surface area contributed by atoms with Gasteiger partial charge in [0.2, 0.25) is 5.91 Å². The van der Waals surface area contributed by atoms with Crippen molar-refractivity contribution in [1.82, 2.24) is 9.80 Å². The monoisotopic (exact) mass is 773 g/mol. The first-order valence-corrected chi connectivity index (χ1v) is 19.8. The molecule has 0 spiro atoms. The fourth-order valence-electron chi connectivity index (χ4n) is 8.64. The maximum absolute atomic E-state index is 14.2. The van der Waals surface area contributed by atoms with E-state index in [4.69, 9.17) is 28.4 Å². The molecule has 3 heterocycles. The molecule has 3 rings (SSSR count). The molecule has 2 saturated heterocycles. The summed E-state index contributed by atoms with van der Waals surface area (Å²) in [7, 11) is 5.12. The number of amides is 1. The van der Waals surface area contributed by atoms with Gasteiger partial charge in [-0.05, 0) is 86.3 Å². The zero-order valence-electron chi connectivity index (χ0n) is 35.1. The summed E-state index contributed by atoms with van der Waals surface area (Å²) in [5.74, 6) is -2.50. The van der Waals surface area contributed by atoms with Crippen molar-refractivity contribution in [3.8, 4) is 0 Å².